The third-order valence-electron chi connectivity index (χ3n) is 4.66. The average Bonchev–Trinajstić information content (AvgIpc) is 3.12. The van der Waals surface area contributed by atoms with E-state index in [4.69, 9.17) is 32.7 Å². The molecule has 31 heavy (non-hydrogen) atoms. The first-order chi connectivity index (χ1) is 14.7. The van der Waals surface area contributed by atoms with Crippen LogP contribution < -0.4 is 10.1 Å². The Kier molecular flexibility index (Phi) is 7.26. The topological polar surface area (TPSA) is 64.6 Å². The molecule has 0 radical (unpaired) electrons. The summed E-state index contributed by atoms with van der Waals surface area (Å²) in [4.78, 5) is 25.3. The number of nitrogens with one attached hydrogen (secondary N) is 1. The number of hydrogen-bond donors (Lipinski definition) is 1. The summed E-state index contributed by atoms with van der Waals surface area (Å²) in [7, 11) is 1.31. The van der Waals surface area contributed by atoms with Gasteiger partial charge in [-0.25, -0.2) is 4.79 Å². The number of carbonyl (C=O) groups is 2. The summed E-state index contributed by atoms with van der Waals surface area (Å²) in [5, 5.41) is 5.78. The maximum absolute atomic E-state index is 12.8. The Bertz CT molecular complexity index is 1140. The lowest BCUT2D eigenvalue weighted by molar-refractivity contribution is -0.122. The van der Waals surface area contributed by atoms with Gasteiger partial charge in [-0.1, -0.05) is 47.0 Å². The Balaban J connectivity index is 1.87. The Morgan fingerprint density at radius 3 is 2.45 bits per heavy atom. The molecule has 0 saturated heterocycles. The Morgan fingerprint density at radius 2 is 1.81 bits per heavy atom. The molecule has 0 aliphatic heterocycles. The fourth-order valence-electron chi connectivity index (χ4n) is 3.10. The second-order valence-corrected chi connectivity index (χ2v) is 8.71. The van der Waals surface area contributed by atoms with Crippen LogP contribution in [0.4, 0.5) is 5.00 Å². The van der Waals surface area contributed by atoms with E-state index in [-0.39, 0.29) is 0 Å². The van der Waals surface area contributed by atoms with Crippen molar-refractivity contribution in [1.29, 1.82) is 0 Å². The number of carbonyl (C=O) groups excluding carboxylic acids is 2. The summed E-state index contributed by atoms with van der Waals surface area (Å²) in [6.07, 6.45) is -0.865. The fourth-order valence-corrected chi connectivity index (χ4v) is 4.50. The summed E-state index contributed by atoms with van der Waals surface area (Å²) in [6, 6.07) is 10.7. The maximum Gasteiger partial charge on any atom is 0.341 e. The quantitative estimate of drug-likeness (QED) is 0.409. The molecule has 0 saturated carbocycles. The number of methoxy groups -OCH3 is 1. The van der Waals surface area contributed by atoms with Crippen LogP contribution in [0, 0.1) is 13.8 Å². The van der Waals surface area contributed by atoms with Crippen molar-refractivity contribution in [2.24, 2.45) is 0 Å². The minimum atomic E-state index is -0.865. The molecule has 0 spiro atoms. The van der Waals surface area contributed by atoms with Gasteiger partial charge in [0.25, 0.3) is 5.91 Å². The minimum Gasteiger partial charge on any atom is -0.479 e. The van der Waals surface area contributed by atoms with E-state index in [0.717, 1.165) is 16.7 Å². The average molecular weight is 478 g/mol. The predicted octanol–water partition coefficient (Wildman–Crippen LogP) is 6.53. The van der Waals surface area contributed by atoms with Gasteiger partial charge in [0.05, 0.1) is 12.1 Å². The smallest absolute Gasteiger partial charge is 0.341 e. The lowest BCUT2D eigenvalue weighted by Crippen LogP contribution is -2.30. The molecule has 1 heterocycles. The van der Waals surface area contributed by atoms with Crippen LogP contribution in [-0.2, 0) is 9.53 Å². The molecule has 5 nitrogen and oxygen atoms in total. The second-order valence-electron chi connectivity index (χ2n) is 6.99. The first-order valence-corrected chi connectivity index (χ1v) is 11.0. The number of benzene rings is 2. The highest BCUT2D eigenvalue weighted by Crippen LogP contribution is 2.38. The molecule has 0 aliphatic rings. The van der Waals surface area contributed by atoms with E-state index in [9.17, 15) is 9.59 Å². The molecule has 1 aromatic heterocycles. The van der Waals surface area contributed by atoms with Crippen molar-refractivity contribution < 1.29 is 19.1 Å². The van der Waals surface area contributed by atoms with Gasteiger partial charge in [-0.2, -0.15) is 0 Å². The summed E-state index contributed by atoms with van der Waals surface area (Å²) in [5.41, 5.74) is 4.06. The van der Waals surface area contributed by atoms with Crippen molar-refractivity contribution in [3.63, 3.8) is 0 Å². The summed E-state index contributed by atoms with van der Waals surface area (Å²) in [6.45, 7) is 5.58. The SMILES string of the molecule is COC(=O)c1c(-c2ccc(C)cc2C)csc1NC(=O)[C@@H](C)Oc1ccc(Cl)cc1Cl. The van der Waals surface area contributed by atoms with Gasteiger partial charge in [0.15, 0.2) is 6.10 Å². The molecule has 0 bridgehead atoms. The number of thiophene rings is 1. The number of esters is 1. The zero-order chi connectivity index (χ0) is 22.7. The van der Waals surface area contributed by atoms with Gasteiger partial charge in [-0.05, 0) is 50.1 Å². The Morgan fingerprint density at radius 1 is 1.06 bits per heavy atom. The van der Waals surface area contributed by atoms with E-state index in [1.807, 2.05) is 37.4 Å². The van der Waals surface area contributed by atoms with Crippen LogP contribution in [-0.4, -0.2) is 25.1 Å². The van der Waals surface area contributed by atoms with Crippen LogP contribution >= 0.6 is 34.5 Å². The molecule has 3 aromatic rings. The largest absolute Gasteiger partial charge is 0.479 e. The van der Waals surface area contributed by atoms with E-state index in [0.29, 0.717) is 31.9 Å². The van der Waals surface area contributed by atoms with Crippen LogP contribution in [0.25, 0.3) is 11.1 Å². The second kappa shape index (κ2) is 9.73. The van der Waals surface area contributed by atoms with Crippen molar-refractivity contribution in [1.82, 2.24) is 0 Å². The molecule has 0 unspecified atom stereocenters. The lowest BCUT2D eigenvalue weighted by atomic mass is 9.97. The van der Waals surface area contributed by atoms with Crippen LogP contribution in [0.5, 0.6) is 5.75 Å². The molecular weight excluding hydrogens is 457 g/mol. The molecule has 1 atom stereocenters. The van der Waals surface area contributed by atoms with Gasteiger partial charge in [-0.3, -0.25) is 4.79 Å². The highest BCUT2D eigenvalue weighted by molar-refractivity contribution is 7.15. The van der Waals surface area contributed by atoms with E-state index < -0.39 is 18.0 Å². The number of aryl methyl sites for hydroxylation is 2. The zero-order valence-electron chi connectivity index (χ0n) is 17.4. The number of rotatable bonds is 6. The van der Waals surface area contributed by atoms with Gasteiger partial charge >= 0.3 is 5.97 Å². The Labute approximate surface area is 194 Å². The summed E-state index contributed by atoms with van der Waals surface area (Å²) < 4.78 is 10.7. The van der Waals surface area contributed by atoms with Crippen molar-refractivity contribution in [3.8, 4) is 16.9 Å². The van der Waals surface area contributed by atoms with Gasteiger partial charge in [0.2, 0.25) is 0 Å². The molecule has 1 amide bonds. The first-order valence-electron chi connectivity index (χ1n) is 9.41. The molecular formula is C23H21Cl2NO4S. The van der Waals surface area contributed by atoms with E-state index in [1.54, 1.807) is 19.1 Å². The number of hydrogen-bond acceptors (Lipinski definition) is 5. The standard InChI is InChI=1S/C23H21Cl2NO4S/c1-12-5-7-16(13(2)9-12)17-11-31-22(20(17)23(28)29-4)26-21(27)14(3)30-19-8-6-15(24)10-18(19)25/h5-11,14H,1-4H3,(H,26,27)/t14-/m1/s1. The van der Waals surface area contributed by atoms with E-state index >= 15 is 0 Å². The van der Waals surface area contributed by atoms with E-state index in [2.05, 4.69) is 5.32 Å². The van der Waals surface area contributed by atoms with Crippen molar-refractivity contribution in [2.75, 3.05) is 12.4 Å². The van der Waals surface area contributed by atoms with Crippen molar-refractivity contribution in [3.05, 3.63) is 68.5 Å². The van der Waals surface area contributed by atoms with Gasteiger partial charge in [0.1, 0.15) is 16.3 Å². The normalized spacial score (nSPS) is 11.7. The van der Waals surface area contributed by atoms with Crippen LogP contribution in [0.15, 0.2) is 41.8 Å². The molecule has 8 heteroatoms. The van der Waals surface area contributed by atoms with Gasteiger partial charge < -0.3 is 14.8 Å². The molecule has 0 aliphatic carbocycles. The molecule has 0 fully saturated rings. The van der Waals surface area contributed by atoms with E-state index in [1.165, 1.54) is 24.5 Å². The summed E-state index contributed by atoms with van der Waals surface area (Å²) in [5.74, 6) is -0.616. The minimum absolute atomic E-state index is 0.302. The Hall–Kier alpha value is -2.54. The maximum atomic E-state index is 12.8. The van der Waals surface area contributed by atoms with Crippen molar-refractivity contribution >= 4 is 51.4 Å². The van der Waals surface area contributed by atoms with Crippen LogP contribution in [0.3, 0.4) is 0 Å². The van der Waals surface area contributed by atoms with Crippen LogP contribution in [0.2, 0.25) is 10.0 Å². The van der Waals surface area contributed by atoms with Crippen LogP contribution in [0.1, 0.15) is 28.4 Å². The van der Waals surface area contributed by atoms with Crippen molar-refractivity contribution in [2.45, 2.75) is 26.9 Å². The monoisotopic (exact) mass is 477 g/mol. The fraction of sp³-hybridized carbons (Fsp3) is 0.217. The third-order valence-corrected chi connectivity index (χ3v) is 6.08. The number of halogens is 2. The lowest BCUT2D eigenvalue weighted by Gasteiger charge is -2.16. The predicted molar refractivity (Wildman–Crippen MR) is 126 cm³/mol. The summed E-state index contributed by atoms with van der Waals surface area (Å²) >= 11 is 13.3. The molecule has 2 aromatic carbocycles. The number of ether oxygens (including phenoxy) is 2. The number of amides is 1. The molecule has 162 valence electrons. The van der Waals surface area contributed by atoms with Gasteiger partial charge in [0, 0.05) is 16.0 Å². The highest BCUT2D eigenvalue weighted by atomic mass is 35.5. The third kappa shape index (κ3) is 5.21. The highest BCUT2D eigenvalue weighted by Gasteiger charge is 2.25. The van der Waals surface area contributed by atoms with Gasteiger partial charge in [-0.15, -0.1) is 11.3 Å². The molecule has 1 N–H and O–H groups in total. The number of anilines is 1. The first kappa shape index (κ1) is 23.1. The zero-order valence-corrected chi connectivity index (χ0v) is 19.7. The molecule has 3 rings (SSSR count).